The quantitative estimate of drug-likeness (QED) is 0.500. The van der Waals surface area contributed by atoms with E-state index in [1.54, 1.807) is 0 Å². The van der Waals surface area contributed by atoms with Gasteiger partial charge in [0.05, 0.1) is 6.54 Å². The number of benzene rings is 1. The molecule has 2 aromatic rings. The molecule has 2 amide bonds. The maximum Gasteiger partial charge on any atom is 0.323 e. The van der Waals surface area contributed by atoms with Gasteiger partial charge in [0.2, 0.25) is 11.9 Å². The molecular weight excluding hydrogens is 346 g/mol. The van der Waals surface area contributed by atoms with Crippen LogP contribution >= 0.6 is 0 Å². The van der Waals surface area contributed by atoms with Crippen LogP contribution in [0.25, 0.3) is 0 Å². The lowest BCUT2D eigenvalue weighted by Crippen LogP contribution is -2.32. The Morgan fingerprint density at radius 2 is 1.56 bits per heavy atom. The third-order valence-corrected chi connectivity index (χ3v) is 3.10. The van der Waals surface area contributed by atoms with Crippen LogP contribution in [0.3, 0.4) is 0 Å². The molecule has 0 aliphatic rings. The van der Waals surface area contributed by atoms with Crippen molar-refractivity contribution in [3.63, 3.8) is 0 Å². The first-order chi connectivity index (χ1) is 12.9. The highest BCUT2D eigenvalue weighted by atomic mass is 16.5. The average molecular weight is 373 g/mol. The van der Waals surface area contributed by atoms with Crippen molar-refractivity contribution < 1.29 is 9.53 Å². The van der Waals surface area contributed by atoms with Gasteiger partial charge in [-0.25, -0.2) is 4.79 Å². The van der Waals surface area contributed by atoms with E-state index < -0.39 is 0 Å². The Hall–Kier alpha value is -3.10. The van der Waals surface area contributed by atoms with E-state index in [2.05, 4.69) is 36.2 Å². The number of ether oxygens (including phenoxy) is 1. The number of aromatic nitrogens is 3. The van der Waals surface area contributed by atoms with Crippen LogP contribution in [0.2, 0.25) is 0 Å². The van der Waals surface area contributed by atoms with Crippen molar-refractivity contribution in [2.45, 2.75) is 39.8 Å². The zero-order chi connectivity index (χ0) is 19.6. The molecule has 1 heterocycles. The van der Waals surface area contributed by atoms with Crippen LogP contribution in [-0.4, -0.2) is 46.2 Å². The van der Waals surface area contributed by atoms with Gasteiger partial charge < -0.3 is 26.0 Å². The van der Waals surface area contributed by atoms with Gasteiger partial charge in [-0.1, -0.05) is 18.2 Å². The Bertz CT molecular complexity index is 695. The zero-order valence-electron chi connectivity index (χ0n) is 16.1. The number of para-hydroxylation sites is 1. The first kappa shape index (κ1) is 20.2. The first-order valence-corrected chi connectivity index (χ1v) is 8.94. The highest BCUT2D eigenvalue weighted by molar-refractivity contribution is 5.89. The fourth-order valence-electron chi connectivity index (χ4n) is 2.07. The Morgan fingerprint density at radius 3 is 2.11 bits per heavy atom. The van der Waals surface area contributed by atoms with E-state index in [0.29, 0.717) is 18.4 Å². The van der Waals surface area contributed by atoms with Crippen LogP contribution in [0, 0.1) is 0 Å². The number of urea groups is 1. The number of nitrogens with zero attached hydrogens (tertiary/aromatic N) is 3. The van der Waals surface area contributed by atoms with Crippen molar-refractivity contribution in [2.75, 3.05) is 29.1 Å². The summed E-state index contributed by atoms with van der Waals surface area (Å²) in [6.07, 6.45) is 0. The van der Waals surface area contributed by atoms with Gasteiger partial charge in [-0.05, 0) is 39.8 Å². The molecule has 1 aromatic carbocycles. The number of carbonyl (C=O) groups excluding carboxylic acids is 1. The molecule has 0 saturated carbocycles. The van der Waals surface area contributed by atoms with Crippen LogP contribution in [-0.2, 0) is 0 Å². The molecule has 0 spiro atoms. The lowest BCUT2D eigenvalue weighted by molar-refractivity contribution is 0.245. The summed E-state index contributed by atoms with van der Waals surface area (Å²) in [6.45, 7) is 8.52. The van der Waals surface area contributed by atoms with Crippen LogP contribution in [0.1, 0.15) is 27.7 Å². The Labute approximate surface area is 159 Å². The number of hydrogen-bond donors (Lipinski definition) is 4. The topological polar surface area (TPSA) is 113 Å². The second kappa shape index (κ2) is 10.1. The summed E-state index contributed by atoms with van der Waals surface area (Å²) in [5.41, 5.74) is 0.724. The minimum Gasteiger partial charge on any atom is -0.461 e. The Balaban J connectivity index is 1.85. The minimum atomic E-state index is -0.301. The standard InChI is InChI=1S/C18H27N7O2/c1-12(2)20-15-23-16(21-13(3)4)25-18(24-15)27-11-10-19-17(26)22-14-8-6-5-7-9-14/h5-9,12-13H,10-11H2,1-4H3,(H2,19,22,26)(H2,20,21,23,24,25). The van der Waals surface area contributed by atoms with E-state index in [1.165, 1.54) is 0 Å². The van der Waals surface area contributed by atoms with Gasteiger partial charge in [-0.15, -0.1) is 0 Å². The van der Waals surface area contributed by atoms with Crippen molar-refractivity contribution >= 4 is 23.6 Å². The van der Waals surface area contributed by atoms with Gasteiger partial charge in [0.15, 0.2) is 0 Å². The molecule has 1 aromatic heterocycles. The summed E-state index contributed by atoms with van der Waals surface area (Å²) in [5.74, 6) is 0.876. The zero-order valence-corrected chi connectivity index (χ0v) is 16.1. The Morgan fingerprint density at radius 1 is 0.963 bits per heavy atom. The van der Waals surface area contributed by atoms with Gasteiger partial charge in [-0.3, -0.25) is 0 Å². The number of amides is 2. The third kappa shape index (κ3) is 7.76. The van der Waals surface area contributed by atoms with E-state index in [4.69, 9.17) is 4.74 Å². The number of carbonyl (C=O) groups is 1. The van der Waals surface area contributed by atoms with Crippen LogP contribution in [0.4, 0.5) is 22.4 Å². The van der Waals surface area contributed by atoms with Crippen molar-refractivity contribution in [3.8, 4) is 6.01 Å². The van der Waals surface area contributed by atoms with Crippen LogP contribution in [0.5, 0.6) is 6.01 Å². The highest BCUT2D eigenvalue weighted by Gasteiger charge is 2.10. The molecule has 0 aliphatic carbocycles. The molecule has 0 unspecified atom stereocenters. The number of nitrogens with one attached hydrogen (secondary N) is 4. The predicted molar refractivity (Wildman–Crippen MR) is 106 cm³/mol. The van der Waals surface area contributed by atoms with E-state index in [-0.39, 0.29) is 30.7 Å². The van der Waals surface area contributed by atoms with Crippen molar-refractivity contribution in [1.29, 1.82) is 0 Å². The fourth-order valence-corrected chi connectivity index (χ4v) is 2.07. The number of rotatable bonds is 9. The largest absolute Gasteiger partial charge is 0.461 e. The molecule has 2 rings (SSSR count). The summed E-state index contributed by atoms with van der Waals surface area (Å²) in [5, 5.41) is 11.7. The van der Waals surface area contributed by atoms with Gasteiger partial charge in [0.1, 0.15) is 6.61 Å². The predicted octanol–water partition coefficient (Wildman–Crippen LogP) is 2.71. The molecule has 9 heteroatoms. The van der Waals surface area contributed by atoms with E-state index in [0.717, 1.165) is 5.69 Å². The molecule has 0 bridgehead atoms. The second-order valence-electron chi connectivity index (χ2n) is 6.46. The van der Waals surface area contributed by atoms with E-state index in [9.17, 15) is 4.79 Å². The van der Waals surface area contributed by atoms with Crippen molar-refractivity contribution in [3.05, 3.63) is 30.3 Å². The van der Waals surface area contributed by atoms with Crippen LogP contribution in [0.15, 0.2) is 30.3 Å². The maximum absolute atomic E-state index is 11.8. The minimum absolute atomic E-state index is 0.176. The summed E-state index contributed by atoms with van der Waals surface area (Å²) < 4.78 is 5.57. The highest BCUT2D eigenvalue weighted by Crippen LogP contribution is 2.12. The molecular formula is C18H27N7O2. The molecule has 4 N–H and O–H groups in total. The summed E-state index contributed by atoms with van der Waals surface area (Å²) in [7, 11) is 0. The normalized spacial score (nSPS) is 10.6. The fraction of sp³-hybridized carbons (Fsp3) is 0.444. The van der Waals surface area contributed by atoms with Crippen molar-refractivity contribution in [1.82, 2.24) is 20.3 Å². The van der Waals surface area contributed by atoms with E-state index in [1.807, 2.05) is 58.0 Å². The summed E-state index contributed by atoms with van der Waals surface area (Å²) in [6, 6.07) is 9.46. The summed E-state index contributed by atoms with van der Waals surface area (Å²) >= 11 is 0. The number of anilines is 3. The lowest BCUT2D eigenvalue weighted by Gasteiger charge is -2.14. The van der Waals surface area contributed by atoms with Crippen LogP contribution < -0.4 is 26.0 Å². The average Bonchev–Trinajstić information content (AvgIpc) is 2.58. The molecule has 9 nitrogen and oxygen atoms in total. The molecule has 0 saturated heterocycles. The smallest absolute Gasteiger partial charge is 0.323 e. The van der Waals surface area contributed by atoms with Gasteiger partial charge >= 0.3 is 12.0 Å². The molecule has 0 radical (unpaired) electrons. The molecule has 0 atom stereocenters. The van der Waals surface area contributed by atoms with E-state index >= 15 is 0 Å². The molecule has 0 fully saturated rings. The van der Waals surface area contributed by atoms with Gasteiger partial charge in [0.25, 0.3) is 0 Å². The monoisotopic (exact) mass is 373 g/mol. The van der Waals surface area contributed by atoms with Gasteiger partial charge in [0, 0.05) is 17.8 Å². The molecule has 0 aliphatic heterocycles. The Kier molecular flexibility index (Phi) is 7.60. The third-order valence-electron chi connectivity index (χ3n) is 3.10. The number of hydrogen-bond acceptors (Lipinski definition) is 7. The van der Waals surface area contributed by atoms with Gasteiger partial charge in [-0.2, -0.15) is 15.0 Å². The summed E-state index contributed by atoms with van der Waals surface area (Å²) in [4.78, 5) is 24.6. The SMILES string of the molecule is CC(C)Nc1nc(NC(C)C)nc(OCCNC(=O)Nc2ccccc2)n1. The second-order valence-corrected chi connectivity index (χ2v) is 6.46. The van der Waals surface area contributed by atoms with Crippen molar-refractivity contribution in [2.24, 2.45) is 0 Å². The first-order valence-electron chi connectivity index (χ1n) is 8.94. The lowest BCUT2D eigenvalue weighted by atomic mass is 10.3. The molecule has 27 heavy (non-hydrogen) atoms. The molecule has 146 valence electrons. The maximum atomic E-state index is 11.8.